The van der Waals surface area contributed by atoms with Crippen molar-refractivity contribution in [3.8, 4) is 5.75 Å². The van der Waals surface area contributed by atoms with Crippen LogP contribution in [0.4, 0.5) is 5.69 Å². The van der Waals surface area contributed by atoms with E-state index in [-0.39, 0.29) is 17.3 Å². The molecule has 0 atom stereocenters. The molecule has 0 aliphatic rings. The first-order valence-corrected chi connectivity index (χ1v) is 6.55. The summed E-state index contributed by atoms with van der Waals surface area (Å²) in [5.74, 6) is -0.369. The predicted octanol–water partition coefficient (Wildman–Crippen LogP) is 3.76. The summed E-state index contributed by atoms with van der Waals surface area (Å²) >= 11 is 9.14. The van der Waals surface area contributed by atoms with Crippen LogP contribution in [0.3, 0.4) is 0 Å². The summed E-state index contributed by atoms with van der Waals surface area (Å²) < 4.78 is 0.701. The molecular formula is C13H10BrClN2O2. The van der Waals surface area contributed by atoms with Gasteiger partial charge in [-0.05, 0) is 46.6 Å². The normalized spacial score (nSPS) is 10.3. The minimum atomic E-state index is -0.370. The Morgan fingerprint density at radius 2 is 2.11 bits per heavy atom. The van der Waals surface area contributed by atoms with E-state index in [4.69, 9.17) is 11.6 Å². The van der Waals surface area contributed by atoms with E-state index < -0.39 is 0 Å². The molecular weight excluding hydrogens is 332 g/mol. The van der Waals surface area contributed by atoms with E-state index in [0.717, 1.165) is 0 Å². The van der Waals surface area contributed by atoms with Crippen LogP contribution in [-0.2, 0) is 0 Å². The lowest BCUT2D eigenvalue weighted by molar-refractivity contribution is 0.102. The number of hydrogen-bond acceptors (Lipinski definition) is 3. The second kappa shape index (κ2) is 5.59. The Balaban J connectivity index is 2.29. The Morgan fingerprint density at radius 3 is 2.79 bits per heavy atom. The molecule has 0 bridgehead atoms. The van der Waals surface area contributed by atoms with Crippen LogP contribution < -0.4 is 5.32 Å². The van der Waals surface area contributed by atoms with Gasteiger partial charge in [-0.1, -0.05) is 11.6 Å². The van der Waals surface area contributed by atoms with Gasteiger partial charge in [-0.15, -0.1) is 0 Å². The maximum atomic E-state index is 12.0. The first-order valence-electron chi connectivity index (χ1n) is 5.38. The minimum absolute atomic E-state index is 0.000654. The number of rotatable bonds is 2. The van der Waals surface area contributed by atoms with E-state index >= 15 is 0 Å². The van der Waals surface area contributed by atoms with Gasteiger partial charge in [-0.25, -0.2) is 0 Å². The molecule has 1 aromatic carbocycles. The van der Waals surface area contributed by atoms with Crippen molar-refractivity contribution in [3.63, 3.8) is 0 Å². The fourth-order valence-corrected chi connectivity index (χ4v) is 2.20. The van der Waals surface area contributed by atoms with Crippen LogP contribution in [-0.4, -0.2) is 16.0 Å². The maximum absolute atomic E-state index is 12.0. The molecule has 0 aliphatic heterocycles. The summed E-state index contributed by atoms with van der Waals surface area (Å²) in [6.45, 7) is 1.71. The van der Waals surface area contributed by atoms with Gasteiger partial charge >= 0.3 is 0 Å². The molecule has 0 saturated heterocycles. The van der Waals surface area contributed by atoms with Gasteiger partial charge < -0.3 is 10.4 Å². The zero-order valence-electron chi connectivity index (χ0n) is 9.95. The molecule has 1 aromatic heterocycles. The summed E-state index contributed by atoms with van der Waals surface area (Å²) in [5, 5.41) is 12.9. The fraction of sp³-hybridized carbons (Fsp3) is 0.0769. The number of hydrogen-bond donors (Lipinski definition) is 2. The second-order valence-corrected chi connectivity index (χ2v) is 5.32. The number of aryl methyl sites for hydroxylation is 1. The van der Waals surface area contributed by atoms with E-state index in [1.807, 2.05) is 0 Å². The summed E-state index contributed by atoms with van der Waals surface area (Å²) in [6.07, 6.45) is 3.02. The van der Waals surface area contributed by atoms with Crippen LogP contribution in [0.15, 0.2) is 35.1 Å². The van der Waals surface area contributed by atoms with Crippen molar-refractivity contribution in [2.75, 3.05) is 5.32 Å². The van der Waals surface area contributed by atoms with Crippen molar-refractivity contribution in [2.24, 2.45) is 0 Å². The lowest BCUT2D eigenvalue weighted by Crippen LogP contribution is -2.12. The smallest absolute Gasteiger partial charge is 0.257 e. The van der Waals surface area contributed by atoms with Crippen molar-refractivity contribution in [1.29, 1.82) is 0 Å². The highest BCUT2D eigenvalue weighted by atomic mass is 79.9. The Kier molecular flexibility index (Phi) is 4.07. The molecule has 1 amide bonds. The van der Waals surface area contributed by atoms with Crippen LogP contribution >= 0.6 is 27.5 Å². The van der Waals surface area contributed by atoms with E-state index in [1.54, 1.807) is 25.3 Å². The highest BCUT2D eigenvalue weighted by Gasteiger charge is 2.12. The molecule has 2 rings (SSSR count). The van der Waals surface area contributed by atoms with Crippen LogP contribution in [0.25, 0.3) is 0 Å². The summed E-state index contributed by atoms with van der Waals surface area (Å²) in [7, 11) is 0. The Labute approximate surface area is 123 Å². The van der Waals surface area contributed by atoms with Crippen LogP contribution in [0.2, 0.25) is 5.02 Å². The molecule has 0 unspecified atom stereocenters. The van der Waals surface area contributed by atoms with E-state index in [0.29, 0.717) is 20.6 Å². The largest absolute Gasteiger partial charge is 0.505 e. The molecule has 0 saturated carbocycles. The standard InChI is InChI=1S/C13H10BrClN2O2/c1-7-2-10(15)4-11(12(7)18)17-13(19)8-3-9(14)6-16-5-8/h2-6,18H,1H3,(H,17,19). The Bertz CT molecular complexity index is 647. The molecule has 1 heterocycles. The van der Waals surface area contributed by atoms with Gasteiger partial charge in [0.05, 0.1) is 11.3 Å². The number of carbonyl (C=O) groups is 1. The third-order valence-corrected chi connectivity index (χ3v) is 3.13. The van der Waals surface area contributed by atoms with Crippen molar-refractivity contribution in [3.05, 3.63) is 51.2 Å². The van der Waals surface area contributed by atoms with E-state index in [9.17, 15) is 9.90 Å². The number of pyridine rings is 1. The number of phenolic OH excluding ortho intramolecular Hbond substituents is 1. The molecule has 0 spiro atoms. The zero-order valence-corrected chi connectivity index (χ0v) is 12.3. The average Bonchev–Trinajstić information content (AvgIpc) is 2.35. The molecule has 2 N–H and O–H groups in total. The third kappa shape index (κ3) is 3.24. The molecule has 0 radical (unpaired) electrons. The SMILES string of the molecule is Cc1cc(Cl)cc(NC(=O)c2cncc(Br)c2)c1O. The fourth-order valence-electron chi connectivity index (χ4n) is 1.56. The number of phenols is 1. The van der Waals surface area contributed by atoms with Gasteiger partial charge in [-0.2, -0.15) is 0 Å². The first kappa shape index (κ1) is 13.8. The zero-order chi connectivity index (χ0) is 14.0. The Morgan fingerprint density at radius 1 is 1.37 bits per heavy atom. The average molecular weight is 342 g/mol. The number of amides is 1. The minimum Gasteiger partial charge on any atom is -0.505 e. The first-order chi connectivity index (χ1) is 8.97. The number of nitrogens with one attached hydrogen (secondary N) is 1. The number of anilines is 1. The molecule has 19 heavy (non-hydrogen) atoms. The monoisotopic (exact) mass is 340 g/mol. The van der Waals surface area contributed by atoms with Gasteiger partial charge in [0.1, 0.15) is 5.75 Å². The second-order valence-electron chi connectivity index (χ2n) is 3.96. The van der Waals surface area contributed by atoms with Crippen molar-refractivity contribution in [1.82, 2.24) is 4.98 Å². The number of aromatic nitrogens is 1. The van der Waals surface area contributed by atoms with Crippen molar-refractivity contribution >= 4 is 39.1 Å². The number of benzene rings is 1. The number of nitrogens with zero attached hydrogens (tertiary/aromatic N) is 1. The van der Waals surface area contributed by atoms with Gasteiger partial charge in [0, 0.05) is 21.9 Å². The number of aromatic hydroxyl groups is 1. The summed E-state index contributed by atoms with van der Waals surface area (Å²) in [5.41, 5.74) is 1.25. The predicted molar refractivity (Wildman–Crippen MR) is 77.7 cm³/mol. The molecule has 4 nitrogen and oxygen atoms in total. The topological polar surface area (TPSA) is 62.2 Å². The molecule has 2 aromatic rings. The molecule has 0 aliphatic carbocycles. The summed E-state index contributed by atoms with van der Waals surface area (Å²) in [4.78, 5) is 15.9. The molecule has 6 heteroatoms. The molecule has 0 fully saturated rings. The highest BCUT2D eigenvalue weighted by Crippen LogP contribution is 2.31. The van der Waals surface area contributed by atoms with Crippen LogP contribution in [0.1, 0.15) is 15.9 Å². The number of halogens is 2. The quantitative estimate of drug-likeness (QED) is 0.818. The van der Waals surface area contributed by atoms with Crippen molar-refractivity contribution < 1.29 is 9.90 Å². The summed E-state index contributed by atoms with van der Waals surface area (Å²) in [6, 6.07) is 4.75. The van der Waals surface area contributed by atoms with Crippen molar-refractivity contribution in [2.45, 2.75) is 6.92 Å². The number of carbonyl (C=O) groups excluding carboxylic acids is 1. The van der Waals surface area contributed by atoms with E-state index in [2.05, 4.69) is 26.2 Å². The van der Waals surface area contributed by atoms with Crippen LogP contribution in [0.5, 0.6) is 5.75 Å². The van der Waals surface area contributed by atoms with Gasteiger partial charge in [0.15, 0.2) is 0 Å². The van der Waals surface area contributed by atoms with Gasteiger partial charge in [-0.3, -0.25) is 9.78 Å². The van der Waals surface area contributed by atoms with Crippen LogP contribution in [0, 0.1) is 6.92 Å². The Hall–Kier alpha value is -1.59. The molecule has 98 valence electrons. The third-order valence-electron chi connectivity index (χ3n) is 2.48. The van der Waals surface area contributed by atoms with Gasteiger partial charge in [0.2, 0.25) is 0 Å². The van der Waals surface area contributed by atoms with E-state index in [1.165, 1.54) is 12.3 Å². The van der Waals surface area contributed by atoms with Gasteiger partial charge in [0.25, 0.3) is 5.91 Å². The lowest BCUT2D eigenvalue weighted by Gasteiger charge is -2.10. The highest BCUT2D eigenvalue weighted by molar-refractivity contribution is 9.10. The lowest BCUT2D eigenvalue weighted by atomic mass is 10.2. The maximum Gasteiger partial charge on any atom is 0.257 e.